The average molecular weight is 171 g/mol. The molecule has 0 aliphatic heterocycles. The number of pyridine rings is 1. The highest BCUT2D eigenvalue weighted by Gasteiger charge is 2.03. The van der Waals surface area contributed by atoms with Crippen LogP contribution in [0.3, 0.4) is 0 Å². The second kappa shape index (κ2) is 2.98. The van der Waals surface area contributed by atoms with Gasteiger partial charge in [0.15, 0.2) is 5.78 Å². The van der Waals surface area contributed by atoms with Gasteiger partial charge in [0, 0.05) is 23.3 Å². The Kier molecular flexibility index (Phi) is 1.81. The summed E-state index contributed by atoms with van der Waals surface area (Å²) in [5, 5.41) is 1.99. The van der Waals surface area contributed by atoms with Gasteiger partial charge < -0.3 is 0 Å². The summed E-state index contributed by atoms with van der Waals surface area (Å²) in [5.74, 6) is 0.0943. The summed E-state index contributed by atoms with van der Waals surface area (Å²) in [6.07, 6.45) is 3.47. The highest BCUT2D eigenvalue weighted by Crippen LogP contribution is 2.17. The maximum absolute atomic E-state index is 11.2. The molecule has 0 radical (unpaired) electrons. The van der Waals surface area contributed by atoms with E-state index in [0.717, 1.165) is 16.3 Å². The topological polar surface area (TPSA) is 30.0 Å². The van der Waals surface area contributed by atoms with E-state index in [-0.39, 0.29) is 5.78 Å². The van der Waals surface area contributed by atoms with E-state index in [1.807, 2.05) is 24.3 Å². The minimum atomic E-state index is 0.0943. The third-order valence-corrected chi connectivity index (χ3v) is 2.06. The molecule has 0 unspecified atom stereocenters. The molecular weight excluding hydrogens is 162 g/mol. The summed E-state index contributed by atoms with van der Waals surface area (Å²) in [7, 11) is 0. The van der Waals surface area contributed by atoms with Gasteiger partial charge in [0.2, 0.25) is 0 Å². The first-order valence-corrected chi connectivity index (χ1v) is 4.13. The van der Waals surface area contributed by atoms with Gasteiger partial charge in [-0.3, -0.25) is 9.78 Å². The lowest BCUT2D eigenvalue weighted by Crippen LogP contribution is -1.92. The second-order valence-corrected chi connectivity index (χ2v) is 2.96. The molecule has 2 aromatic rings. The highest BCUT2D eigenvalue weighted by molar-refractivity contribution is 6.06. The lowest BCUT2D eigenvalue weighted by molar-refractivity contribution is 0.101. The fourth-order valence-corrected chi connectivity index (χ4v) is 1.43. The van der Waals surface area contributed by atoms with Crippen molar-refractivity contribution in [2.75, 3.05) is 0 Å². The smallest absolute Gasteiger partial charge is 0.160 e. The van der Waals surface area contributed by atoms with Crippen molar-refractivity contribution < 1.29 is 4.79 Å². The first kappa shape index (κ1) is 7.92. The van der Waals surface area contributed by atoms with Crippen molar-refractivity contribution in [3.63, 3.8) is 0 Å². The molecule has 2 rings (SSSR count). The number of aromatic nitrogens is 1. The Labute approximate surface area is 76.2 Å². The van der Waals surface area contributed by atoms with Gasteiger partial charge >= 0.3 is 0 Å². The summed E-state index contributed by atoms with van der Waals surface area (Å²) in [4.78, 5) is 15.2. The fourth-order valence-electron chi connectivity index (χ4n) is 1.43. The molecule has 13 heavy (non-hydrogen) atoms. The third-order valence-electron chi connectivity index (χ3n) is 2.06. The standard InChI is InChI=1S/C11H9NO/c1-8(13)10-4-2-3-9-7-12-6-5-11(9)10/h2-7H,1H3. The maximum atomic E-state index is 11.2. The van der Waals surface area contributed by atoms with Crippen LogP contribution in [0.5, 0.6) is 0 Å². The second-order valence-electron chi connectivity index (χ2n) is 2.96. The van der Waals surface area contributed by atoms with Crippen molar-refractivity contribution in [2.45, 2.75) is 6.92 Å². The molecule has 0 fully saturated rings. The Bertz CT molecular complexity index is 457. The summed E-state index contributed by atoms with van der Waals surface area (Å²) >= 11 is 0. The van der Waals surface area contributed by atoms with Gasteiger partial charge in [-0.15, -0.1) is 0 Å². The number of Topliss-reactive ketones (excluding diaryl/α,β-unsaturated/α-hetero) is 1. The van der Waals surface area contributed by atoms with Crippen molar-refractivity contribution in [3.05, 3.63) is 42.2 Å². The largest absolute Gasteiger partial charge is 0.294 e. The molecule has 0 aliphatic rings. The molecule has 0 atom stereocenters. The predicted molar refractivity (Wildman–Crippen MR) is 51.7 cm³/mol. The van der Waals surface area contributed by atoms with E-state index in [2.05, 4.69) is 4.98 Å². The number of carbonyl (C=O) groups excluding carboxylic acids is 1. The van der Waals surface area contributed by atoms with E-state index in [1.165, 1.54) is 0 Å². The summed E-state index contributed by atoms with van der Waals surface area (Å²) in [6, 6.07) is 7.53. The number of rotatable bonds is 1. The number of fused-ring (bicyclic) bond motifs is 1. The van der Waals surface area contributed by atoms with Gasteiger partial charge in [-0.2, -0.15) is 0 Å². The molecule has 0 N–H and O–H groups in total. The number of nitrogens with zero attached hydrogens (tertiary/aromatic N) is 1. The normalized spacial score (nSPS) is 10.2. The molecular formula is C11H9NO. The number of hydrogen-bond donors (Lipinski definition) is 0. The van der Waals surface area contributed by atoms with Crippen molar-refractivity contribution in [1.82, 2.24) is 4.98 Å². The van der Waals surface area contributed by atoms with E-state index in [9.17, 15) is 4.79 Å². The predicted octanol–water partition coefficient (Wildman–Crippen LogP) is 2.44. The molecule has 2 nitrogen and oxygen atoms in total. The van der Waals surface area contributed by atoms with Crippen LogP contribution in [-0.4, -0.2) is 10.8 Å². The van der Waals surface area contributed by atoms with Gasteiger partial charge in [-0.25, -0.2) is 0 Å². The minimum absolute atomic E-state index is 0.0943. The number of ketones is 1. The molecule has 1 aromatic heterocycles. The Morgan fingerprint density at radius 3 is 2.92 bits per heavy atom. The van der Waals surface area contributed by atoms with Crippen molar-refractivity contribution >= 4 is 16.6 Å². The van der Waals surface area contributed by atoms with Crippen LogP contribution in [0.4, 0.5) is 0 Å². The molecule has 1 aromatic carbocycles. The maximum Gasteiger partial charge on any atom is 0.160 e. The van der Waals surface area contributed by atoms with E-state index in [4.69, 9.17) is 0 Å². The number of benzene rings is 1. The molecule has 0 spiro atoms. The Morgan fingerprint density at radius 1 is 1.31 bits per heavy atom. The van der Waals surface area contributed by atoms with Gasteiger partial charge in [-0.05, 0) is 18.4 Å². The van der Waals surface area contributed by atoms with Crippen LogP contribution < -0.4 is 0 Å². The number of carbonyl (C=O) groups is 1. The molecule has 0 saturated carbocycles. The minimum Gasteiger partial charge on any atom is -0.294 e. The van der Waals surface area contributed by atoms with E-state index >= 15 is 0 Å². The zero-order chi connectivity index (χ0) is 9.26. The zero-order valence-electron chi connectivity index (χ0n) is 7.32. The quantitative estimate of drug-likeness (QED) is 0.617. The lowest BCUT2D eigenvalue weighted by Gasteiger charge is -2.00. The van der Waals surface area contributed by atoms with Crippen LogP contribution in [0.1, 0.15) is 17.3 Å². The molecule has 1 heterocycles. The third kappa shape index (κ3) is 1.31. The highest BCUT2D eigenvalue weighted by atomic mass is 16.1. The fraction of sp³-hybridized carbons (Fsp3) is 0.0909. The van der Waals surface area contributed by atoms with Gasteiger partial charge in [-0.1, -0.05) is 18.2 Å². The van der Waals surface area contributed by atoms with E-state index in [0.29, 0.717) is 0 Å². The zero-order valence-corrected chi connectivity index (χ0v) is 7.32. The molecule has 0 aliphatic carbocycles. The van der Waals surface area contributed by atoms with Gasteiger partial charge in [0.1, 0.15) is 0 Å². The van der Waals surface area contributed by atoms with Crippen molar-refractivity contribution in [1.29, 1.82) is 0 Å². The van der Waals surface area contributed by atoms with Gasteiger partial charge in [0.25, 0.3) is 0 Å². The van der Waals surface area contributed by atoms with Crippen LogP contribution in [0.25, 0.3) is 10.8 Å². The molecule has 0 saturated heterocycles. The van der Waals surface area contributed by atoms with Crippen molar-refractivity contribution in [2.24, 2.45) is 0 Å². The molecule has 0 amide bonds. The Morgan fingerprint density at radius 2 is 2.15 bits per heavy atom. The van der Waals surface area contributed by atoms with Crippen LogP contribution in [0.2, 0.25) is 0 Å². The van der Waals surface area contributed by atoms with Crippen LogP contribution in [0, 0.1) is 0 Å². The monoisotopic (exact) mass is 171 g/mol. The first-order chi connectivity index (χ1) is 6.29. The van der Waals surface area contributed by atoms with E-state index in [1.54, 1.807) is 19.3 Å². The molecule has 0 bridgehead atoms. The van der Waals surface area contributed by atoms with Crippen LogP contribution in [0.15, 0.2) is 36.7 Å². The summed E-state index contributed by atoms with van der Waals surface area (Å²) < 4.78 is 0. The van der Waals surface area contributed by atoms with Crippen molar-refractivity contribution in [3.8, 4) is 0 Å². The molecule has 2 heteroatoms. The lowest BCUT2D eigenvalue weighted by atomic mass is 10.0. The van der Waals surface area contributed by atoms with E-state index < -0.39 is 0 Å². The van der Waals surface area contributed by atoms with Crippen LogP contribution in [-0.2, 0) is 0 Å². The summed E-state index contributed by atoms with van der Waals surface area (Å²) in [6.45, 7) is 1.58. The SMILES string of the molecule is CC(=O)c1cccc2cnccc12. The molecule has 64 valence electrons. The first-order valence-electron chi connectivity index (χ1n) is 4.13. The van der Waals surface area contributed by atoms with Gasteiger partial charge in [0.05, 0.1) is 0 Å². The Balaban J connectivity index is 2.83. The van der Waals surface area contributed by atoms with Crippen LogP contribution >= 0.6 is 0 Å². The Hall–Kier alpha value is -1.70. The number of hydrogen-bond acceptors (Lipinski definition) is 2. The average Bonchev–Trinajstić information content (AvgIpc) is 2.17. The summed E-state index contributed by atoms with van der Waals surface area (Å²) in [5.41, 5.74) is 0.764.